The minimum absolute atomic E-state index is 0.0339. The molecule has 0 atom stereocenters. The molecule has 0 unspecified atom stereocenters. The van der Waals surface area contributed by atoms with Crippen LogP contribution < -0.4 is 5.32 Å². The molecule has 1 rings (SSSR count). The second-order valence-electron chi connectivity index (χ2n) is 2.62. The number of carbonyl (C=O) groups is 1. The lowest BCUT2D eigenvalue weighted by atomic mass is 10.5. The van der Waals surface area contributed by atoms with E-state index < -0.39 is 15.7 Å². The van der Waals surface area contributed by atoms with E-state index in [2.05, 4.69) is 25.9 Å². The van der Waals surface area contributed by atoms with Crippen LogP contribution in [0.5, 0.6) is 0 Å². The van der Waals surface area contributed by atoms with Gasteiger partial charge in [-0.15, -0.1) is 10.2 Å². The summed E-state index contributed by atoms with van der Waals surface area (Å²) < 4.78 is 21.4. The number of aromatic amines is 1. The molecule has 0 bridgehead atoms. The van der Waals surface area contributed by atoms with E-state index in [9.17, 15) is 13.2 Å². The predicted octanol–water partition coefficient (Wildman–Crippen LogP) is -2.03. The summed E-state index contributed by atoms with van der Waals surface area (Å²) in [5.41, 5.74) is 0. The van der Waals surface area contributed by atoms with E-state index >= 15 is 0 Å². The van der Waals surface area contributed by atoms with Crippen LogP contribution in [-0.2, 0) is 9.84 Å². The molecule has 0 radical (unpaired) electrons. The third kappa shape index (κ3) is 3.47. The minimum Gasteiger partial charge on any atom is -0.348 e. The molecule has 8 nitrogen and oxygen atoms in total. The van der Waals surface area contributed by atoms with Gasteiger partial charge in [-0.05, 0) is 5.21 Å². The van der Waals surface area contributed by atoms with Crippen LogP contribution in [0.15, 0.2) is 0 Å². The average Bonchev–Trinajstić information content (AvgIpc) is 2.53. The van der Waals surface area contributed by atoms with Gasteiger partial charge in [0.1, 0.15) is 9.84 Å². The lowest BCUT2D eigenvalue weighted by Crippen LogP contribution is -2.29. The summed E-state index contributed by atoms with van der Waals surface area (Å²) in [6.07, 6.45) is 1.09. The smallest absolute Gasteiger partial charge is 0.292 e. The molecule has 2 N–H and O–H groups in total. The number of tetrazole rings is 1. The highest BCUT2D eigenvalue weighted by Gasteiger charge is 2.10. The number of H-pyrrole nitrogens is 1. The van der Waals surface area contributed by atoms with E-state index in [1.165, 1.54) is 0 Å². The first kappa shape index (κ1) is 10.6. The molecule has 0 saturated carbocycles. The summed E-state index contributed by atoms with van der Waals surface area (Å²) in [6.45, 7) is 0.0339. The maximum absolute atomic E-state index is 11.1. The Morgan fingerprint density at radius 3 is 2.79 bits per heavy atom. The van der Waals surface area contributed by atoms with Crippen molar-refractivity contribution in [3.63, 3.8) is 0 Å². The first-order valence-electron chi connectivity index (χ1n) is 3.68. The second-order valence-corrected chi connectivity index (χ2v) is 4.88. The van der Waals surface area contributed by atoms with Gasteiger partial charge in [0.2, 0.25) is 0 Å². The zero-order chi connectivity index (χ0) is 10.6. The van der Waals surface area contributed by atoms with E-state index in [0.29, 0.717) is 0 Å². The Morgan fingerprint density at radius 1 is 1.57 bits per heavy atom. The van der Waals surface area contributed by atoms with Gasteiger partial charge in [-0.25, -0.2) is 8.42 Å². The van der Waals surface area contributed by atoms with Crippen LogP contribution in [0.4, 0.5) is 0 Å². The largest absolute Gasteiger partial charge is 0.348 e. The maximum Gasteiger partial charge on any atom is 0.292 e. The van der Waals surface area contributed by atoms with Crippen molar-refractivity contribution >= 4 is 15.7 Å². The Labute approximate surface area is 80.0 Å². The van der Waals surface area contributed by atoms with Gasteiger partial charge in [0, 0.05) is 12.8 Å². The Bertz CT molecular complexity index is 397. The molecule has 0 aromatic carbocycles. The Balaban J connectivity index is 2.37. The zero-order valence-electron chi connectivity index (χ0n) is 7.39. The van der Waals surface area contributed by atoms with Crippen LogP contribution in [0.2, 0.25) is 0 Å². The van der Waals surface area contributed by atoms with Crippen LogP contribution in [-0.4, -0.2) is 53.5 Å². The summed E-state index contributed by atoms with van der Waals surface area (Å²) in [5, 5.41) is 14.5. The number of carbonyl (C=O) groups excluding carboxylic acids is 1. The fraction of sp³-hybridized carbons (Fsp3) is 0.600. The van der Waals surface area contributed by atoms with E-state index in [4.69, 9.17) is 0 Å². The van der Waals surface area contributed by atoms with Crippen molar-refractivity contribution in [1.29, 1.82) is 0 Å². The average molecular weight is 219 g/mol. The van der Waals surface area contributed by atoms with Gasteiger partial charge in [0.05, 0.1) is 5.75 Å². The molecule has 0 spiro atoms. The first-order valence-corrected chi connectivity index (χ1v) is 5.74. The van der Waals surface area contributed by atoms with Gasteiger partial charge >= 0.3 is 0 Å². The van der Waals surface area contributed by atoms with Crippen LogP contribution in [0.1, 0.15) is 10.6 Å². The molecule has 0 saturated heterocycles. The van der Waals surface area contributed by atoms with Crippen molar-refractivity contribution in [2.24, 2.45) is 0 Å². The van der Waals surface area contributed by atoms with Crippen LogP contribution in [0.25, 0.3) is 0 Å². The van der Waals surface area contributed by atoms with Gasteiger partial charge in [-0.3, -0.25) is 4.79 Å². The molecule has 0 aliphatic heterocycles. The summed E-state index contributed by atoms with van der Waals surface area (Å²) in [5.74, 6) is -0.780. The van der Waals surface area contributed by atoms with Gasteiger partial charge in [0.25, 0.3) is 11.7 Å². The highest BCUT2D eigenvalue weighted by Crippen LogP contribution is 1.84. The molecule has 14 heavy (non-hydrogen) atoms. The highest BCUT2D eigenvalue weighted by molar-refractivity contribution is 7.90. The number of hydrogen-bond donors (Lipinski definition) is 2. The van der Waals surface area contributed by atoms with Crippen LogP contribution in [0.3, 0.4) is 0 Å². The predicted molar refractivity (Wildman–Crippen MR) is 46.2 cm³/mol. The summed E-state index contributed by atoms with van der Waals surface area (Å²) >= 11 is 0. The van der Waals surface area contributed by atoms with E-state index in [-0.39, 0.29) is 18.1 Å². The van der Waals surface area contributed by atoms with Gasteiger partial charge < -0.3 is 5.32 Å². The summed E-state index contributed by atoms with van der Waals surface area (Å²) in [6, 6.07) is 0. The van der Waals surface area contributed by atoms with Gasteiger partial charge in [0.15, 0.2) is 0 Å². The van der Waals surface area contributed by atoms with Crippen molar-refractivity contribution in [3.8, 4) is 0 Å². The Kier molecular flexibility index (Phi) is 3.12. The Hall–Kier alpha value is -1.51. The Morgan fingerprint density at radius 2 is 2.29 bits per heavy atom. The minimum atomic E-state index is -3.07. The third-order valence-electron chi connectivity index (χ3n) is 1.31. The fourth-order valence-corrected chi connectivity index (χ4v) is 1.16. The molecule has 1 heterocycles. The number of nitrogens with zero attached hydrogens (tertiary/aromatic N) is 3. The van der Waals surface area contributed by atoms with Crippen LogP contribution in [0, 0.1) is 0 Å². The van der Waals surface area contributed by atoms with E-state index in [0.717, 1.165) is 6.26 Å². The summed E-state index contributed by atoms with van der Waals surface area (Å²) in [7, 11) is -3.07. The number of nitrogens with one attached hydrogen (secondary N) is 2. The lowest BCUT2D eigenvalue weighted by Gasteiger charge is -1.99. The topological polar surface area (TPSA) is 118 Å². The second kappa shape index (κ2) is 4.13. The quantitative estimate of drug-likeness (QED) is 0.603. The van der Waals surface area contributed by atoms with Crippen molar-refractivity contribution < 1.29 is 13.2 Å². The van der Waals surface area contributed by atoms with E-state index in [1.54, 1.807) is 0 Å². The molecular weight excluding hydrogens is 210 g/mol. The number of sulfone groups is 1. The molecule has 9 heteroatoms. The SMILES string of the molecule is CS(=O)(=O)CCNC(=O)c1nn[nH]n1. The van der Waals surface area contributed by atoms with Crippen LogP contribution >= 0.6 is 0 Å². The molecule has 1 aromatic rings. The lowest BCUT2D eigenvalue weighted by molar-refractivity contribution is 0.0946. The monoisotopic (exact) mass is 219 g/mol. The molecule has 0 fully saturated rings. The van der Waals surface area contributed by atoms with Crippen molar-refractivity contribution in [2.75, 3.05) is 18.6 Å². The van der Waals surface area contributed by atoms with E-state index in [1.807, 2.05) is 0 Å². The molecule has 1 aromatic heterocycles. The standard InChI is InChI=1S/C5H9N5O3S/c1-14(12,13)3-2-6-5(11)4-7-9-10-8-4/h2-3H2,1H3,(H,6,11)(H,7,8,9,10). The molecule has 1 amide bonds. The van der Waals surface area contributed by atoms with Crippen molar-refractivity contribution in [3.05, 3.63) is 5.82 Å². The third-order valence-corrected chi connectivity index (χ3v) is 2.25. The number of rotatable bonds is 4. The molecule has 78 valence electrons. The first-order chi connectivity index (χ1) is 6.49. The van der Waals surface area contributed by atoms with Gasteiger partial charge in [-0.1, -0.05) is 0 Å². The molecular formula is C5H9N5O3S. The van der Waals surface area contributed by atoms with Gasteiger partial charge in [-0.2, -0.15) is 5.21 Å². The van der Waals surface area contributed by atoms with Crippen molar-refractivity contribution in [2.45, 2.75) is 0 Å². The number of amides is 1. The maximum atomic E-state index is 11.1. The fourth-order valence-electron chi connectivity index (χ4n) is 0.687. The molecule has 0 aliphatic rings. The normalized spacial score (nSPS) is 11.2. The zero-order valence-corrected chi connectivity index (χ0v) is 8.21. The molecule has 0 aliphatic carbocycles. The number of aromatic nitrogens is 4. The highest BCUT2D eigenvalue weighted by atomic mass is 32.2. The van der Waals surface area contributed by atoms with Crippen molar-refractivity contribution in [1.82, 2.24) is 25.9 Å². The summed E-state index contributed by atoms with van der Waals surface area (Å²) in [4.78, 5) is 11.1. The number of hydrogen-bond acceptors (Lipinski definition) is 6.